The number of rotatable bonds is 5. The Bertz CT molecular complexity index is 1540. The van der Waals surface area contributed by atoms with Crippen LogP contribution in [0.4, 0.5) is 0 Å². The highest BCUT2D eigenvalue weighted by Gasteiger charge is 2.22. The number of aromatic carboxylic acids is 1. The van der Waals surface area contributed by atoms with Gasteiger partial charge in [-0.25, -0.2) is 9.78 Å². The Hall–Kier alpha value is -3.52. The van der Waals surface area contributed by atoms with Gasteiger partial charge in [-0.15, -0.1) is 0 Å². The van der Waals surface area contributed by atoms with E-state index in [4.69, 9.17) is 4.98 Å². The normalized spacial score (nSPS) is 14.6. The Labute approximate surface area is 217 Å². The fraction of sp³-hybridized carbons (Fsp3) is 0.286. The van der Waals surface area contributed by atoms with E-state index >= 15 is 0 Å². The first kappa shape index (κ1) is 24.2. The predicted molar refractivity (Wildman–Crippen MR) is 145 cm³/mol. The molecule has 0 aliphatic heterocycles. The molecule has 0 radical (unpaired) electrons. The van der Waals surface area contributed by atoms with Crippen molar-refractivity contribution in [1.82, 2.24) is 14.2 Å². The van der Waals surface area contributed by atoms with Crippen molar-refractivity contribution in [2.24, 2.45) is 5.10 Å². The number of fused-ring (bicyclic) bond motifs is 1. The van der Waals surface area contributed by atoms with Gasteiger partial charge < -0.3 is 9.67 Å². The molecule has 4 aromatic rings. The molecule has 0 bridgehead atoms. The summed E-state index contributed by atoms with van der Waals surface area (Å²) in [6.07, 6.45) is 7.21. The first-order valence-corrected chi connectivity index (χ1v) is 12.9. The monoisotopic (exact) mass is 546 g/mol. The number of carboxylic acid groups (broad SMARTS) is 1. The molecule has 2 heterocycles. The van der Waals surface area contributed by atoms with Crippen LogP contribution in [0.2, 0.25) is 0 Å². The third-order valence-electron chi connectivity index (χ3n) is 6.96. The average molecular weight is 547 g/mol. The fourth-order valence-corrected chi connectivity index (χ4v) is 5.45. The van der Waals surface area contributed by atoms with Crippen molar-refractivity contribution in [2.75, 3.05) is 0 Å². The summed E-state index contributed by atoms with van der Waals surface area (Å²) in [5.41, 5.74) is 4.44. The van der Waals surface area contributed by atoms with E-state index in [-0.39, 0.29) is 17.0 Å². The molecule has 8 heteroatoms. The highest BCUT2D eigenvalue weighted by Crippen LogP contribution is 2.32. The zero-order chi connectivity index (χ0) is 25.4. The first-order chi connectivity index (χ1) is 17.3. The van der Waals surface area contributed by atoms with Crippen LogP contribution >= 0.6 is 15.9 Å². The van der Waals surface area contributed by atoms with Crippen LogP contribution in [0.3, 0.4) is 0 Å². The van der Waals surface area contributed by atoms with Crippen LogP contribution in [-0.2, 0) is 0 Å². The molecule has 1 aliphatic carbocycles. The Morgan fingerprint density at radius 3 is 2.50 bits per heavy atom. The van der Waals surface area contributed by atoms with Crippen molar-refractivity contribution in [2.45, 2.75) is 51.9 Å². The van der Waals surface area contributed by atoms with Gasteiger partial charge in [0.05, 0.1) is 22.7 Å². The maximum atomic E-state index is 13.6. The molecular weight excluding hydrogens is 520 g/mol. The molecule has 0 atom stereocenters. The van der Waals surface area contributed by atoms with E-state index < -0.39 is 5.97 Å². The Balaban J connectivity index is 1.58. The summed E-state index contributed by atoms with van der Waals surface area (Å²) < 4.78 is 4.36. The molecule has 36 heavy (non-hydrogen) atoms. The molecule has 0 amide bonds. The van der Waals surface area contributed by atoms with E-state index in [9.17, 15) is 14.7 Å². The van der Waals surface area contributed by atoms with Crippen molar-refractivity contribution < 1.29 is 9.90 Å². The van der Waals surface area contributed by atoms with Crippen LogP contribution in [0, 0.1) is 13.8 Å². The van der Waals surface area contributed by atoms with Gasteiger partial charge >= 0.3 is 5.97 Å². The summed E-state index contributed by atoms with van der Waals surface area (Å²) in [6, 6.07) is 14.4. The third kappa shape index (κ3) is 4.53. The van der Waals surface area contributed by atoms with Crippen LogP contribution in [0.1, 0.15) is 71.2 Å². The molecule has 184 valence electrons. The van der Waals surface area contributed by atoms with Crippen molar-refractivity contribution in [3.05, 3.63) is 91.7 Å². The number of hydrogen-bond acceptors (Lipinski definition) is 4. The smallest absolute Gasteiger partial charge is 0.335 e. The second-order valence-corrected chi connectivity index (χ2v) is 10.3. The highest BCUT2D eigenvalue weighted by atomic mass is 79.9. The van der Waals surface area contributed by atoms with E-state index in [0.717, 1.165) is 58.6 Å². The van der Waals surface area contributed by atoms with E-state index in [0.29, 0.717) is 10.9 Å². The molecule has 2 aromatic heterocycles. The van der Waals surface area contributed by atoms with Gasteiger partial charge in [-0.05, 0) is 75.2 Å². The largest absolute Gasteiger partial charge is 0.478 e. The maximum Gasteiger partial charge on any atom is 0.335 e. The molecule has 5 rings (SSSR count). The van der Waals surface area contributed by atoms with Crippen molar-refractivity contribution >= 4 is 39.0 Å². The molecule has 1 aliphatic rings. The van der Waals surface area contributed by atoms with Crippen molar-refractivity contribution in [1.29, 1.82) is 0 Å². The number of halogens is 1. The lowest BCUT2D eigenvalue weighted by molar-refractivity contribution is 0.0697. The molecule has 0 saturated heterocycles. The highest BCUT2D eigenvalue weighted by molar-refractivity contribution is 9.10. The molecular formula is C28H27BrN4O3. The summed E-state index contributed by atoms with van der Waals surface area (Å²) >= 11 is 3.47. The van der Waals surface area contributed by atoms with E-state index in [1.807, 2.05) is 36.6 Å². The van der Waals surface area contributed by atoms with Gasteiger partial charge in [0.15, 0.2) is 0 Å². The first-order valence-electron chi connectivity index (χ1n) is 12.1. The van der Waals surface area contributed by atoms with E-state index in [1.54, 1.807) is 36.5 Å². The number of carboxylic acids is 1. The fourth-order valence-electron chi connectivity index (χ4n) is 5.09. The average Bonchev–Trinajstić information content (AvgIpc) is 3.16. The number of carbonyl (C=O) groups is 1. The van der Waals surface area contributed by atoms with Crippen molar-refractivity contribution in [3.8, 4) is 5.69 Å². The quantitative estimate of drug-likeness (QED) is 0.302. The minimum atomic E-state index is -0.953. The molecule has 2 aromatic carbocycles. The van der Waals surface area contributed by atoms with Crippen LogP contribution in [0.15, 0.2) is 62.9 Å². The van der Waals surface area contributed by atoms with Crippen LogP contribution in [-0.4, -0.2) is 31.5 Å². The van der Waals surface area contributed by atoms with E-state index in [2.05, 4.69) is 21.0 Å². The van der Waals surface area contributed by atoms with Gasteiger partial charge in [0.2, 0.25) is 0 Å². The molecule has 1 N–H and O–H groups in total. The minimum Gasteiger partial charge on any atom is -0.478 e. The topological polar surface area (TPSA) is 89.5 Å². The number of benzene rings is 2. The van der Waals surface area contributed by atoms with Crippen LogP contribution in [0.25, 0.3) is 16.6 Å². The molecule has 0 unspecified atom stereocenters. The Morgan fingerprint density at radius 1 is 1.08 bits per heavy atom. The lowest BCUT2D eigenvalue weighted by atomic mass is 9.88. The van der Waals surface area contributed by atoms with Crippen molar-refractivity contribution in [3.63, 3.8) is 0 Å². The van der Waals surface area contributed by atoms with Gasteiger partial charge in [0.25, 0.3) is 5.56 Å². The third-order valence-corrected chi connectivity index (χ3v) is 7.45. The zero-order valence-electron chi connectivity index (χ0n) is 20.2. The Morgan fingerprint density at radius 2 is 1.81 bits per heavy atom. The molecule has 0 spiro atoms. The predicted octanol–water partition coefficient (Wildman–Crippen LogP) is 6.19. The molecule has 1 fully saturated rings. The summed E-state index contributed by atoms with van der Waals surface area (Å²) in [6.45, 7) is 3.98. The van der Waals surface area contributed by atoms with Gasteiger partial charge in [0, 0.05) is 33.0 Å². The van der Waals surface area contributed by atoms with Crippen LogP contribution in [0.5, 0.6) is 0 Å². The maximum absolute atomic E-state index is 13.6. The van der Waals surface area contributed by atoms with Gasteiger partial charge in [-0.3, -0.25) is 4.79 Å². The second-order valence-electron chi connectivity index (χ2n) is 9.34. The summed E-state index contributed by atoms with van der Waals surface area (Å²) in [5.74, 6) is -0.0220. The summed E-state index contributed by atoms with van der Waals surface area (Å²) in [4.78, 5) is 29.7. The number of aryl methyl sites for hydroxylation is 1. The molecule has 7 nitrogen and oxygen atoms in total. The second kappa shape index (κ2) is 9.85. The standard InChI is InChI=1S/C28H27BrN4O3/c1-17-14-21(18(2)32(17)23-11-8-20(9-12-23)28(35)36)16-30-33-26(19-6-4-3-5-7-19)31-25-13-10-22(29)15-24(25)27(33)34/h8-16,19H,3-7H2,1-2H3,(H,35,36). The van der Waals surface area contributed by atoms with Gasteiger partial charge in [-0.1, -0.05) is 35.2 Å². The zero-order valence-corrected chi connectivity index (χ0v) is 21.8. The minimum absolute atomic E-state index is 0.170. The summed E-state index contributed by atoms with van der Waals surface area (Å²) in [7, 11) is 0. The lowest BCUT2D eigenvalue weighted by Crippen LogP contribution is -2.25. The van der Waals surface area contributed by atoms with E-state index in [1.165, 1.54) is 11.1 Å². The summed E-state index contributed by atoms with van der Waals surface area (Å²) in [5, 5.41) is 14.4. The lowest BCUT2D eigenvalue weighted by Gasteiger charge is -2.22. The number of nitrogens with zero attached hydrogens (tertiary/aromatic N) is 4. The number of aromatic nitrogens is 3. The Kier molecular flexibility index (Phi) is 6.62. The molecule has 1 saturated carbocycles. The number of hydrogen-bond donors (Lipinski definition) is 1. The van der Waals surface area contributed by atoms with Gasteiger partial charge in [0.1, 0.15) is 5.82 Å². The van der Waals surface area contributed by atoms with Crippen LogP contribution < -0.4 is 5.56 Å². The SMILES string of the molecule is Cc1cc(C=Nn2c(C3CCCCC3)nc3ccc(Br)cc3c2=O)c(C)n1-c1ccc(C(=O)O)cc1. The van der Waals surface area contributed by atoms with Gasteiger partial charge in [-0.2, -0.15) is 9.78 Å².